The maximum Gasteiger partial charge on any atom is 0.417 e. The van der Waals surface area contributed by atoms with Crippen LogP contribution in [-0.2, 0) is 14.3 Å². The molecular formula is C14H13NO6. The average Bonchev–Trinajstić information content (AvgIpc) is 2.77. The molecule has 0 fully saturated rings. The Morgan fingerprint density at radius 2 is 2.14 bits per heavy atom. The maximum absolute atomic E-state index is 11.3. The first-order chi connectivity index (χ1) is 9.97. The number of nitrogens with one attached hydrogen (secondary N) is 1. The standard InChI is InChI=1S/C14H13NO6/c1-20-13(18)7-9(6-12(16)17)4-8-2-3-10-11(5-8)21-14(19)15-10/h2-5H,6-7H2,1H3,(H,15,19)(H,16,17)/b9-4+. The molecule has 0 unspecified atom stereocenters. The van der Waals surface area contributed by atoms with Crippen molar-refractivity contribution >= 4 is 29.1 Å². The summed E-state index contributed by atoms with van der Waals surface area (Å²) in [7, 11) is 1.24. The molecule has 0 radical (unpaired) electrons. The van der Waals surface area contributed by atoms with E-state index in [-0.39, 0.29) is 12.8 Å². The number of aliphatic carboxylic acids is 1. The molecule has 1 aromatic carbocycles. The molecule has 0 aliphatic heterocycles. The first-order valence-corrected chi connectivity index (χ1v) is 6.09. The van der Waals surface area contributed by atoms with E-state index in [9.17, 15) is 14.4 Å². The largest absolute Gasteiger partial charge is 0.481 e. The third-order valence-electron chi connectivity index (χ3n) is 2.79. The van der Waals surface area contributed by atoms with Gasteiger partial charge in [-0.25, -0.2) is 4.79 Å². The minimum atomic E-state index is -1.04. The van der Waals surface area contributed by atoms with Crippen molar-refractivity contribution in [2.75, 3.05) is 7.11 Å². The second-order valence-electron chi connectivity index (χ2n) is 4.40. The van der Waals surface area contributed by atoms with E-state index < -0.39 is 17.7 Å². The summed E-state index contributed by atoms with van der Waals surface area (Å²) in [6.45, 7) is 0. The molecule has 110 valence electrons. The van der Waals surface area contributed by atoms with Gasteiger partial charge in [0.25, 0.3) is 0 Å². The minimum absolute atomic E-state index is 0.113. The molecule has 0 aliphatic rings. The van der Waals surface area contributed by atoms with Crippen LogP contribution in [0.4, 0.5) is 0 Å². The summed E-state index contributed by atoms with van der Waals surface area (Å²) >= 11 is 0. The van der Waals surface area contributed by atoms with Gasteiger partial charge in [-0.05, 0) is 23.3 Å². The highest BCUT2D eigenvalue weighted by Gasteiger charge is 2.10. The number of carbonyl (C=O) groups is 2. The van der Waals surface area contributed by atoms with Gasteiger partial charge in [0.15, 0.2) is 5.58 Å². The van der Waals surface area contributed by atoms with E-state index in [4.69, 9.17) is 9.52 Å². The van der Waals surface area contributed by atoms with E-state index in [1.807, 2.05) is 0 Å². The molecule has 0 aliphatic carbocycles. The van der Waals surface area contributed by atoms with Crippen molar-refractivity contribution in [1.29, 1.82) is 0 Å². The zero-order chi connectivity index (χ0) is 15.4. The van der Waals surface area contributed by atoms with Crippen molar-refractivity contribution in [1.82, 2.24) is 4.98 Å². The molecule has 2 aromatic rings. The van der Waals surface area contributed by atoms with Crippen molar-refractivity contribution in [3.05, 3.63) is 39.9 Å². The quantitative estimate of drug-likeness (QED) is 0.809. The zero-order valence-corrected chi connectivity index (χ0v) is 11.2. The number of hydrogen-bond acceptors (Lipinski definition) is 5. The van der Waals surface area contributed by atoms with Gasteiger partial charge >= 0.3 is 17.7 Å². The zero-order valence-electron chi connectivity index (χ0n) is 11.2. The highest BCUT2D eigenvalue weighted by Crippen LogP contribution is 2.18. The van der Waals surface area contributed by atoms with E-state index in [1.165, 1.54) is 7.11 Å². The Morgan fingerprint density at radius 1 is 1.38 bits per heavy atom. The molecule has 0 saturated heterocycles. The third-order valence-corrected chi connectivity index (χ3v) is 2.79. The molecule has 2 N–H and O–H groups in total. The van der Waals surface area contributed by atoms with Gasteiger partial charge in [0.2, 0.25) is 0 Å². The molecule has 0 saturated carbocycles. The number of ether oxygens (including phenoxy) is 1. The number of fused-ring (bicyclic) bond motifs is 1. The van der Waals surface area contributed by atoms with Gasteiger partial charge in [-0.2, -0.15) is 0 Å². The van der Waals surface area contributed by atoms with Gasteiger partial charge < -0.3 is 14.3 Å². The number of benzene rings is 1. The molecule has 0 atom stereocenters. The SMILES string of the molecule is COC(=O)C/C(=C/c1ccc2[nH]c(=O)oc2c1)CC(=O)O. The Kier molecular flexibility index (Phi) is 4.22. The van der Waals surface area contributed by atoms with Crippen LogP contribution in [0.25, 0.3) is 17.2 Å². The van der Waals surface area contributed by atoms with Crippen LogP contribution in [0.5, 0.6) is 0 Å². The van der Waals surface area contributed by atoms with Crippen LogP contribution in [0.15, 0.2) is 33.0 Å². The number of hydrogen-bond donors (Lipinski definition) is 2. The number of carbonyl (C=O) groups excluding carboxylic acids is 1. The lowest BCUT2D eigenvalue weighted by molar-refractivity contribution is -0.139. The smallest absolute Gasteiger partial charge is 0.417 e. The molecular weight excluding hydrogens is 278 g/mol. The van der Waals surface area contributed by atoms with E-state index in [0.717, 1.165) is 0 Å². The number of methoxy groups -OCH3 is 1. The average molecular weight is 291 g/mol. The van der Waals surface area contributed by atoms with E-state index in [1.54, 1.807) is 24.3 Å². The molecule has 0 spiro atoms. The van der Waals surface area contributed by atoms with Crippen molar-refractivity contribution in [2.24, 2.45) is 0 Å². The summed E-state index contributed by atoms with van der Waals surface area (Å²) in [4.78, 5) is 35.7. The molecule has 7 heteroatoms. The van der Waals surface area contributed by atoms with Crippen molar-refractivity contribution in [3.8, 4) is 0 Å². The van der Waals surface area contributed by atoms with Gasteiger partial charge in [0.1, 0.15) is 0 Å². The molecule has 1 heterocycles. The topological polar surface area (TPSA) is 110 Å². The fourth-order valence-electron chi connectivity index (χ4n) is 1.90. The molecule has 7 nitrogen and oxygen atoms in total. The lowest BCUT2D eigenvalue weighted by atomic mass is 10.0. The number of aromatic nitrogens is 1. The lowest BCUT2D eigenvalue weighted by Crippen LogP contribution is -2.05. The first kappa shape index (κ1) is 14.6. The van der Waals surface area contributed by atoms with E-state index in [0.29, 0.717) is 22.2 Å². The predicted octanol–water partition coefficient (Wildman–Crippen LogP) is 1.54. The van der Waals surface area contributed by atoms with Crippen LogP contribution in [0.2, 0.25) is 0 Å². The van der Waals surface area contributed by atoms with Crippen LogP contribution in [-0.4, -0.2) is 29.1 Å². The molecule has 0 amide bonds. The highest BCUT2D eigenvalue weighted by molar-refractivity contribution is 5.81. The van der Waals surface area contributed by atoms with Crippen LogP contribution in [0, 0.1) is 0 Å². The Hall–Kier alpha value is -2.83. The molecule has 1 aromatic heterocycles. The van der Waals surface area contributed by atoms with Crippen molar-refractivity contribution in [3.63, 3.8) is 0 Å². The Morgan fingerprint density at radius 3 is 2.81 bits per heavy atom. The van der Waals surface area contributed by atoms with E-state index in [2.05, 4.69) is 9.72 Å². The van der Waals surface area contributed by atoms with Gasteiger partial charge in [-0.15, -0.1) is 0 Å². The maximum atomic E-state index is 11.3. The van der Waals surface area contributed by atoms with Crippen LogP contribution >= 0.6 is 0 Å². The van der Waals surface area contributed by atoms with Gasteiger partial charge in [-0.1, -0.05) is 12.1 Å². The number of carboxylic acid groups (broad SMARTS) is 1. The highest BCUT2D eigenvalue weighted by atomic mass is 16.5. The summed E-state index contributed by atoms with van der Waals surface area (Å²) in [6, 6.07) is 4.92. The number of rotatable bonds is 5. The van der Waals surface area contributed by atoms with Crippen molar-refractivity contribution < 1.29 is 23.8 Å². The first-order valence-electron chi connectivity index (χ1n) is 6.09. The molecule has 21 heavy (non-hydrogen) atoms. The van der Waals surface area contributed by atoms with Crippen molar-refractivity contribution in [2.45, 2.75) is 12.8 Å². The minimum Gasteiger partial charge on any atom is -0.481 e. The Labute approximate surface area is 118 Å². The third kappa shape index (κ3) is 3.82. The van der Waals surface area contributed by atoms with Gasteiger partial charge in [0, 0.05) is 0 Å². The Bertz CT molecular complexity index is 767. The fourth-order valence-corrected chi connectivity index (χ4v) is 1.90. The number of aromatic amines is 1. The van der Waals surface area contributed by atoms with Gasteiger partial charge in [-0.3, -0.25) is 14.6 Å². The summed E-state index contributed by atoms with van der Waals surface area (Å²) in [6.07, 6.45) is 1.18. The number of H-pyrrole nitrogens is 1. The van der Waals surface area contributed by atoms with Crippen LogP contribution in [0.1, 0.15) is 18.4 Å². The van der Waals surface area contributed by atoms with Crippen LogP contribution < -0.4 is 5.76 Å². The summed E-state index contributed by atoms with van der Waals surface area (Å²) in [5.41, 5.74) is 1.93. The van der Waals surface area contributed by atoms with E-state index >= 15 is 0 Å². The van der Waals surface area contributed by atoms with Crippen LogP contribution in [0.3, 0.4) is 0 Å². The fraction of sp³-hybridized carbons (Fsp3) is 0.214. The predicted molar refractivity (Wildman–Crippen MR) is 73.7 cm³/mol. The summed E-state index contributed by atoms with van der Waals surface area (Å²) < 4.78 is 9.46. The second-order valence-corrected chi connectivity index (χ2v) is 4.40. The molecule has 0 bridgehead atoms. The Balaban J connectivity index is 2.34. The summed E-state index contributed by atoms with van der Waals surface area (Å²) in [5.74, 6) is -2.12. The lowest BCUT2D eigenvalue weighted by Gasteiger charge is -2.04. The second kappa shape index (κ2) is 6.08. The molecule has 2 rings (SSSR count). The monoisotopic (exact) mass is 291 g/mol. The number of esters is 1. The summed E-state index contributed by atoms with van der Waals surface area (Å²) in [5, 5.41) is 8.86. The normalized spacial score (nSPS) is 11.6. The number of oxazole rings is 1. The number of carboxylic acids is 1. The van der Waals surface area contributed by atoms with Gasteiger partial charge in [0.05, 0.1) is 25.5 Å².